The van der Waals surface area contributed by atoms with Crippen molar-refractivity contribution in [3.05, 3.63) is 47.8 Å². The summed E-state index contributed by atoms with van der Waals surface area (Å²) in [6, 6.07) is 7.26. The maximum atomic E-state index is 10.4. The standard InChI is InChI=1S/C22H22N2O5.BrH/c1-10-15-8-24(22-21(28)20(27)17(26)9-29-22)6-5-13(15)11(2)19-18(10)14-7-12(25)3-4-16(14)23-19;/h3-8,17,20-22,25-28H,9H2,1-2H3;1H. The van der Waals surface area contributed by atoms with Crippen LogP contribution in [0.5, 0.6) is 5.75 Å². The molecular formula is C22H23BrN2O5. The Morgan fingerprint density at radius 3 is 2.53 bits per heavy atom. The van der Waals surface area contributed by atoms with Gasteiger partial charge in [-0.1, -0.05) is 0 Å². The van der Waals surface area contributed by atoms with Crippen molar-refractivity contribution in [2.45, 2.75) is 38.4 Å². The Kier molecular flexibility index (Phi) is 5.24. The van der Waals surface area contributed by atoms with Crippen LogP contribution in [0.2, 0.25) is 0 Å². The van der Waals surface area contributed by atoms with Crippen molar-refractivity contribution in [1.29, 1.82) is 0 Å². The average molecular weight is 475 g/mol. The second-order valence-corrected chi connectivity index (χ2v) is 7.85. The minimum atomic E-state index is -1.26. The van der Waals surface area contributed by atoms with Gasteiger partial charge in [0, 0.05) is 27.7 Å². The topological polar surface area (TPSA) is 110 Å². The Morgan fingerprint density at radius 2 is 1.77 bits per heavy atom. The highest BCUT2D eigenvalue weighted by atomic mass is 79.9. The number of ether oxygens (including phenoxy) is 1. The number of hydrogen-bond acceptors (Lipinski definition) is 5. The van der Waals surface area contributed by atoms with E-state index >= 15 is 0 Å². The van der Waals surface area contributed by atoms with E-state index in [9.17, 15) is 20.4 Å². The van der Waals surface area contributed by atoms with Crippen LogP contribution in [0, 0.1) is 13.8 Å². The van der Waals surface area contributed by atoms with Crippen molar-refractivity contribution in [3.8, 4) is 5.75 Å². The SMILES string of the molecule is Cc1c2cc[n+](C3OCC(O)C(O)C3O)cc2c(C)c2c1[nH]c1ccc(O)cc12.[Br-]. The molecule has 0 bridgehead atoms. The predicted molar refractivity (Wildman–Crippen MR) is 108 cm³/mol. The number of nitrogens with zero attached hydrogens (tertiary/aromatic N) is 1. The van der Waals surface area contributed by atoms with Crippen molar-refractivity contribution < 1.29 is 46.7 Å². The van der Waals surface area contributed by atoms with Crippen LogP contribution in [-0.4, -0.2) is 50.3 Å². The Balaban J connectivity index is 0.00000218. The number of aromatic amines is 1. The van der Waals surface area contributed by atoms with Gasteiger partial charge < -0.3 is 47.1 Å². The number of phenols is 1. The lowest BCUT2D eigenvalue weighted by atomic mass is 9.96. The summed E-state index contributed by atoms with van der Waals surface area (Å²) in [5.74, 6) is 0.213. The molecule has 158 valence electrons. The third kappa shape index (κ3) is 2.99. The summed E-state index contributed by atoms with van der Waals surface area (Å²) < 4.78 is 7.33. The number of benzene rings is 2. The van der Waals surface area contributed by atoms with E-state index in [0.717, 1.165) is 43.7 Å². The fraction of sp³-hybridized carbons (Fsp3) is 0.318. The van der Waals surface area contributed by atoms with Crippen LogP contribution in [0.4, 0.5) is 0 Å². The number of aromatic nitrogens is 2. The van der Waals surface area contributed by atoms with Gasteiger partial charge in [0.25, 0.3) is 6.23 Å². The molecule has 7 nitrogen and oxygen atoms in total. The molecule has 2 aromatic heterocycles. The van der Waals surface area contributed by atoms with E-state index in [-0.39, 0.29) is 29.3 Å². The summed E-state index contributed by atoms with van der Waals surface area (Å²) in [4.78, 5) is 3.46. The molecule has 5 N–H and O–H groups in total. The third-order valence-electron chi connectivity index (χ3n) is 6.09. The fourth-order valence-electron chi connectivity index (χ4n) is 4.47. The number of aliphatic hydroxyl groups is 3. The van der Waals surface area contributed by atoms with Gasteiger partial charge in [-0.3, -0.25) is 0 Å². The van der Waals surface area contributed by atoms with E-state index in [1.165, 1.54) is 0 Å². The minimum absolute atomic E-state index is 0. The monoisotopic (exact) mass is 474 g/mol. The van der Waals surface area contributed by atoms with E-state index in [1.807, 2.05) is 31.5 Å². The molecule has 0 amide bonds. The Bertz CT molecular complexity index is 1270. The lowest BCUT2D eigenvalue weighted by Gasteiger charge is -2.31. The molecule has 2 aromatic carbocycles. The first kappa shape index (κ1) is 21.0. The van der Waals surface area contributed by atoms with Gasteiger partial charge in [0.15, 0.2) is 18.5 Å². The Labute approximate surface area is 182 Å². The number of halogens is 1. The molecule has 0 aliphatic carbocycles. The number of H-pyrrole nitrogens is 1. The number of hydrogen-bond donors (Lipinski definition) is 5. The first-order chi connectivity index (χ1) is 13.9. The molecule has 1 aliphatic heterocycles. The highest BCUT2D eigenvalue weighted by Crippen LogP contribution is 2.37. The number of aryl methyl sites for hydroxylation is 2. The summed E-state index contributed by atoms with van der Waals surface area (Å²) >= 11 is 0. The van der Waals surface area contributed by atoms with Gasteiger partial charge in [0.1, 0.15) is 18.0 Å². The molecule has 5 rings (SSSR count). The van der Waals surface area contributed by atoms with Crippen LogP contribution in [0.3, 0.4) is 0 Å². The highest BCUT2D eigenvalue weighted by molar-refractivity contribution is 6.16. The number of phenolic OH excluding ortho intramolecular Hbond substituents is 1. The molecule has 4 unspecified atom stereocenters. The summed E-state index contributed by atoms with van der Waals surface area (Å²) in [6.07, 6.45) is -0.690. The first-order valence-electron chi connectivity index (χ1n) is 9.60. The van der Waals surface area contributed by atoms with Crippen molar-refractivity contribution in [2.75, 3.05) is 6.61 Å². The third-order valence-corrected chi connectivity index (χ3v) is 6.09. The number of rotatable bonds is 1. The molecule has 1 fully saturated rings. The molecule has 0 saturated carbocycles. The number of nitrogens with one attached hydrogen (secondary N) is 1. The predicted octanol–water partition coefficient (Wildman–Crippen LogP) is -1.30. The van der Waals surface area contributed by atoms with Crippen molar-refractivity contribution in [3.63, 3.8) is 0 Å². The number of aromatic hydroxyl groups is 1. The summed E-state index contributed by atoms with van der Waals surface area (Å²) in [7, 11) is 0. The van der Waals surface area contributed by atoms with Gasteiger partial charge in [-0.05, 0) is 48.6 Å². The Hall–Kier alpha value is -2.23. The number of pyridine rings is 1. The van der Waals surface area contributed by atoms with Crippen LogP contribution < -0.4 is 21.5 Å². The minimum Gasteiger partial charge on any atom is -1.00 e. The zero-order chi connectivity index (χ0) is 20.4. The number of fused-ring (bicyclic) bond motifs is 4. The van der Waals surface area contributed by atoms with Crippen LogP contribution >= 0.6 is 0 Å². The largest absolute Gasteiger partial charge is 1.00 e. The summed E-state index contributed by atoms with van der Waals surface area (Å²) in [5.41, 5.74) is 4.11. The van der Waals surface area contributed by atoms with Gasteiger partial charge in [0.2, 0.25) is 0 Å². The van der Waals surface area contributed by atoms with Gasteiger partial charge in [0.05, 0.1) is 12.1 Å². The van der Waals surface area contributed by atoms with Crippen LogP contribution in [0.15, 0.2) is 36.7 Å². The van der Waals surface area contributed by atoms with Gasteiger partial charge in [-0.15, -0.1) is 0 Å². The molecule has 8 heteroatoms. The van der Waals surface area contributed by atoms with Crippen molar-refractivity contribution in [1.82, 2.24) is 4.98 Å². The maximum absolute atomic E-state index is 10.4. The van der Waals surface area contributed by atoms with Crippen molar-refractivity contribution in [2.24, 2.45) is 0 Å². The molecule has 4 aromatic rings. The van der Waals surface area contributed by atoms with E-state index in [1.54, 1.807) is 16.7 Å². The summed E-state index contributed by atoms with van der Waals surface area (Å²) in [6.45, 7) is 4.03. The highest BCUT2D eigenvalue weighted by Gasteiger charge is 2.43. The van der Waals surface area contributed by atoms with E-state index < -0.39 is 24.5 Å². The lowest BCUT2D eigenvalue weighted by molar-refractivity contribution is -0.774. The quantitative estimate of drug-likeness (QED) is 0.220. The van der Waals surface area contributed by atoms with Gasteiger partial charge in [-0.2, -0.15) is 4.57 Å². The van der Waals surface area contributed by atoms with Gasteiger partial charge >= 0.3 is 0 Å². The van der Waals surface area contributed by atoms with E-state index in [4.69, 9.17) is 4.74 Å². The van der Waals surface area contributed by atoms with Gasteiger partial charge in [-0.25, -0.2) is 0 Å². The smallest absolute Gasteiger partial charge is 0.291 e. The molecule has 30 heavy (non-hydrogen) atoms. The van der Waals surface area contributed by atoms with Crippen LogP contribution in [0.25, 0.3) is 32.6 Å². The second kappa shape index (κ2) is 7.47. The molecule has 1 saturated heterocycles. The molecule has 3 heterocycles. The molecule has 0 spiro atoms. The molecular weight excluding hydrogens is 452 g/mol. The van der Waals surface area contributed by atoms with E-state index in [2.05, 4.69) is 11.9 Å². The van der Waals surface area contributed by atoms with E-state index in [0.29, 0.717) is 0 Å². The maximum Gasteiger partial charge on any atom is 0.291 e. The number of aliphatic hydroxyl groups excluding tert-OH is 3. The second-order valence-electron chi connectivity index (χ2n) is 7.85. The molecule has 1 aliphatic rings. The van der Waals surface area contributed by atoms with Crippen molar-refractivity contribution >= 4 is 32.6 Å². The lowest BCUT2D eigenvalue weighted by Crippen LogP contribution is -3.00. The zero-order valence-electron chi connectivity index (χ0n) is 16.5. The normalized spacial score (nSPS) is 24.4. The summed E-state index contributed by atoms with van der Waals surface area (Å²) in [5, 5.41) is 44.1. The Morgan fingerprint density at radius 1 is 1.00 bits per heavy atom. The van der Waals surface area contributed by atoms with Crippen LogP contribution in [-0.2, 0) is 4.74 Å². The fourth-order valence-corrected chi connectivity index (χ4v) is 4.47. The average Bonchev–Trinajstić information content (AvgIpc) is 3.09. The zero-order valence-corrected chi connectivity index (χ0v) is 18.1. The van der Waals surface area contributed by atoms with Crippen LogP contribution in [0.1, 0.15) is 17.4 Å². The molecule has 0 radical (unpaired) electrons. The molecule has 4 atom stereocenters. The first-order valence-corrected chi connectivity index (χ1v) is 9.60.